The fraction of sp³-hybridized carbons (Fsp3) is 0.400. The quantitative estimate of drug-likeness (QED) is 0.0975. The fourth-order valence-corrected chi connectivity index (χ4v) is 7.60. The van der Waals surface area contributed by atoms with Gasteiger partial charge in [-0.15, -0.1) is 0 Å². The second kappa shape index (κ2) is 23.1. The normalized spacial score (nSPS) is 19.6. The second-order valence-electron chi connectivity index (χ2n) is 14.6. The molecule has 0 spiro atoms. The number of benzene rings is 4. The molecule has 0 aliphatic carbocycles. The summed E-state index contributed by atoms with van der Waals surface area (Å²) < 4.78 is 43.3. The van der Waals surface area contributed by atoms with Gasteiger partial charge in [0.1, 0.15) is 22.8 Å². The Bertz CT molecular complexity index is 1980. The first-order chi connectivity index (χ1) is 27.9. The standard InChI is InChI=1S/C23H26FNO5.C22H26FNO4.Al.Li.4H/c1-16(17-4-6-18(7-5-17)21(27)29-2)25-14-13-23(12-3-15-26,30-22(25)28)19-8-10-20(24)11-9-19;1-16(18-5-3-17(15-26)4-6-18)24-13-12-22(11-2-14-25,28-21(24)27)19-7-9-20(23)10-8-19;;;;;;/h4-11,16,26H,3,12-15H2,1-2H3;3-10,16,25-26H,2,11-15H2,1H3;;;;;;/q;;;+1;;;;-1/t16-,23+;16-,22+;;;;;;/m00....../s1. The van der Waals surface area contributed by atoms with Crippen molar-refractivity contribution >= 4 is 35.5 Å². The van der Waals surface area contributed by atoms with Crippen LogP contribution in [0.5, 0.6) is 0 Å². The number of aliphatic hydroxyl groups is 3. The number of carbonyl (C=O) groups excluding carboxylic acids is 3. The topological polar surface area (TPSA) is 146 Å². The molecule has 6 rings (SSSR count). The van der Waals surface area contributed by atoms with Crippen molar-refractivity contribution in [3.05, 3.63) is 142 Å². The van der Waals surface area contributed by atoms with Crippen LogP contribution < -0.4 is 18.9 Å². The third-order valence-electron chi connectivity index (χ3n) is 11.2. The molecule has 3 N–H and O–H groups in total. The van der Waals surface area contributed by atoms with E-state index < -0.39 is 29.4 Å². The van der Waals surface area contributed by atoms with Crippen LogP contribution in [0.15, 0.2) is 97.1 Å². The first-order valence-electron chi connectivity index (χ1n) is 19.5. The van der Waals surface area contributed by atoms with E-state index in [-0.39, 0.29) is 81.2 Å². The largest absolute Gasteiger partial charge is 1.00 e. The first kappa shape index (κ1) is 50.1. The maximum absolute atomic E-state index is 13.4. The van der Waals surface area contributed by atoms with E-state index in [4.69, 9.17) is 14.2 Å². The number of cyclic esters (lactones) is 2. The Morgan fingerprint density at radius 2 is 1.08 bits per heavy atom. The summed E-state index contributed by atoms with van der Waals surface area (Å²) in [7, 11) is 1.33. The number of halogens is 2. The molecule has 0 aromatic heterocycles. The molecular weight excluding hydrogens is 784 g/mol. The van der Waals surface area contributed by atoms with Crippen molar-refractivity contribution in [1.82, 2.24) is 9.80 Å². The van der Waals surface area contributed by atoms with Gasteiger partial charge in [0.2, 0.25) is 0 Å². The van der Waals surface area contributed by atoms with Gasteiger partial charge in [0.25, 0.3) is 0 Å². The zero-order valence-electron chi connectivity index (χ0n) is 35.1. The SMILES string of the molecule is COC(=O)c1ccc([C@H](C)N2CC[C@](CCCO)(c3ccc(F)cc3)OC2=O)cc1.C[C@@H](c1ccc(CO)cc1)N1CC[C@](CCCO)(c2ccc(F)cc2)OC1=O.[AlH3].[H-].[Li+]. The van der Waals surface area contributed by atoms with E-state index in [1.165, 1.54) is 31.4 Å². The minimum atomic E-state index is -0.890. The van der Waals surface area contributed by atoms with Crippen molar-refractivity contribution in [1.29, 1.82) is 0 Å². The van der Waals surface area contributed by atoms with Crippen LogP contribution >= 0.6 is 0 Å². The van der Waals surface area contributed by atoms with E-state index in [9.17, 15) is 38.5 Å². The molecule has 4 aromatic rings. The molecule has 0 radical (unpaired) electrons. The zero-order valence-corrected chi connectivity index (χ0v) is 34.1. The predicted molar refractivity (Wildman–Crippen MR) is 222 cm³/mol. The molecule has 15 heteroatoms. The molecule has 11 nitrogen and oxygen atoms in total. The number of aliphatic hydroxyl groups excluding tert-OH is 3. The number of carbonyl (C=O) groups is 3. The Morgan fingerprint density at radius 1 is 0.700 bits per heavy atom. The van der Waals surface area contributed by atoms with E-state index in [0.29, 0.717) is 57.2 Å². The number of esters is 1. The van der Waals surface area contributed by atoms with Gasteiger partial charge in [-0.1, -0.05) is 60.7 Å². The van der Waals surface area contributed by atoms with Crippen LogP contribution in [-0.4, -0.2) is 94.0 Å². The van der Waals surface area contributed by atoms with Crippen LogP contribution in [0.2, 0.25) is 0 Å². The Labute approximate surface area is 374 Å². The average molecular weight is 841 g/mol. The minimum absolute atomic E-state index is 0. The third kappa shape index (κ3) is 12.0. The summed E-state index contributed by atoms with van der Waals surface area (Å²) in [4.78, 5) is 40.7. The maximum atomic E-state index is 13.4. The molecule has 0 unspecified atom stereocenters. The first-order valence-corrected chi connectivity index (χ1v) is 19.5. The Hall–Kier alpha value is -4.24. The van der Waals surface area contributed by atoms with Crippen LogP contribution in [0.4, 0.5) is 18.4 Å². The summed E-state index contributed by atoms with van der Waals surface area (Å²) >= 11 is 0. The molecule has 2 heterocycles. The molecule has 4 atom stereocenters. The van der Waals surface area contributed by atoms with E-state index in [1.54, 1.807) is 58.3 Å². The Balaban J connectivity index is 0.000000401. The summed E-state index contributed by atoms with van der Waals surface area (Å²) in [6, 6.07) is 25.9. The molecule has 60 heavy (non-hydrogen) atoms. The summed E-state index contributed by atoms with van der Waals surface area (Å²) in [6.07, 6.45) is 2.09. The number of hydrogen-bond acceptors (Lipinski definition) is 9. The average Bonchev–Trinajstić information content (AvgIpc) is 3.25. The van der Waals surface area contributed by atoms with Gasteiger partial charge in [-0.3, -0.25) is 0 Å². The summed E-state index contributed by atoms with van der Waals surface area (Å²) in [5, 5.41) is 27.7. The van der Waals surface area contributed by atoms with Crippen molar-refractivity contribution < 1.29 is 73.0 Å². The van der Waals surface area contributed by atoms with E-state index in [2.05, 4.69) is 0 Å². The molecule has 0 saturated carbocycles. The summed E-state index contributed by atoms with van der Waals surface area (Å²) in [5.41, 5.74) is 2.80. The van der Waals surface area contributed by atoms with Gasteiger partial charge in [-0.25, -0.2) is 23.2 Å². The van der Waals surface area contributed by atoms with Crippen LogP contribution in [0, 0.1) is 11.6 Å². The third-order valence-corrected chi connectivity index (χ3v) is 11.2. The van der Waals surface area contributed by atoms with Gasteiger partial charge >= 0.3 is 37.0 Å². The van der Waals surface area contributed by atoms with Gasteiger partial charge in [0.15, 0.2) is 17.4 Å². The van der Waals surface area contributed by atoms with Crippen molar-refractivity contribution in [3.63, 3.8) is 0 Å². The molecule has 2 amide bonds. The molecule has 2 fully saturated rings. The molecule has 2 aliphatic heterocycles. The van der Waals surface area contributed by atoms with Gasteiger partial charge in [-0.05, 0) is 104 Å². The molecule has 0 bridgehead atoms. The molecule has 318 valence electrons. The smallest absolute Gasteiger partial charge is 1.00 e. The van der Waals surface area contributed by atoms with Gasteiger partial charge < -0.3 is 40.8 Å². The van der Waals surface area contributed by atoms with E-state index in [0.717, 1.165) is 27.8 Å². The maximum Gasteiger partial charge on any atom is 1.00 e. The monoisotopic (exact) mass is 840 g/mol. The number of amides is 2. The fourth-order valence-electron chi connectivity index (χ4n) is 7.60. The number of methoxy groups -OCH3 is 1. The van der Waals surface area contributed by atoms with E-state index in [1.807, 2.05) is 38.1 Å². The van der Waals surface area contributed by atoms with Crippen molar-refractivity contribution in [3.8, 4) is 0 Å². The second-order valence-corrected chi connectivity index (χ2v) is 14.6. The van der Waals surface area contributed by atoms with Gasteiger partial charge in [0.05, 0.1) is 31.4 Å². The number of hydrogen-bond donors (Lipinski definition) is 3. The van der Waals surface area contributed by atoms with Gasteiger partial charge in [0, 0.05) is 39.1 Å². The minimum Gasteiger partial charge on any atom is -1.00 e. The van der Waals surface area contributed by atoms with Crippen molar-refractivity contribution in [2.75, 3.05) is 33.4 Å². The predicted octanol–water partition coefficient (Wildman–Crippen LogP) is 4.01. The zero-order chi connectivity index (χ0) is 41.9. The molecular formula is C45H56AlF2LiN2O9. The number of nitrogens with zero attached hydrogens (tertiary/aromatic N) is 2. The van der Waals surface area contributed by atoms with Crippen LogP contribution in [-0.2, 0) is 32.0 Å². The number of rotatable bonds is 14. The van der Waals surface area contributed by atoms with Crippen LogP contribution in [0.25, 0.3) is 0 Å². The van der Waals surface area contributed by atoms with E-state index >= 15 is 0 Å². The van der Waals surface area contributed by atoms with Crippen LogP contribution in [0.1, 0.15) is 104 Å². The van der Waals surface area contributed by atoms with Crippen molar-refractivity contribution in [2.24, 2.45) is 0 Å². The van der Waals surface area contributed by atoms with Gasteiger partial charge in [-0.2, -0.15) is 0 Å². The molecule has 2 saturated heterocycles. The van der Waals surface area contributed by atoms with Crippen molar-refractivity contribution in [2.45, 2.75) is 82.3 Å². The summed E-state index contributed by atoms with van der Waals surface area (Å²) in [5.74, 6) is -1.12. The Morgan fingerprint density at radius 3 is 1.42 bits per heavy atom. The molecule has 2 aliphatic rings. The Kier molecular flexibility index (Phi) is 19.3. The molecule has 4 aromatic carbocycles. The van der Waals surface area contributed by atoms with Crippen LogP contribution in [0.3, 0.4) is 0 Å². The number of ether oxygens (including phenoxy) is 3. The summed E-state index contributed by atoms with van der Waals surface area (Å²) in [6.45, 7) is 4.73.